The lowest BCUT2D eigenvalue weighted by Gasteiger charge is -2.24. The summed E-state index contributed by atoms with van der Waals surface area (Å²) in [4.78, 5) is 15.6. The van der Waals surface area contributed by atoms with E-state index in [0.29, 0.717) is 17.9 Å². The molecule has 3 rings (SSSR count). The fraction of sp³-hybridized carbons (Fsp3) is 0.318. The second kappa shape index (κ2) is 8.05. The lowest BCUT2D eigenvalue weighted by Crippen LogP contribution is -2.41. The molecule has 1 amide bonds. The van der Waals surface area contributed by atoms with Crippen molar-refractivity contribution >= 4 is 28.6 Å². The van der Waals surface area contributed by atoms with Crippen LogP contribution in [0.5, 0.6) is 0 Å². The number of carbonyl (C=O) groups is 1. The number of fused-ring (bicyclic) bond motifs is 1. The Labute approximate surface area is 164 Å². The van der Waals surface area contributed by atoms with E-state index in [0.717, 1.165) is 22.0 Å². The van der Waals surface area contributed by atoms with Crippen LogP contribution < -0.4 is 5.32 Å². The van der Waals surface area contributed by atoms with Gasteiger partial charge in [0.1, 0.15) is 5.60 Å². The minimum Gasteiger partial charge on any atom is -0.444 e. The van der Waals surface area contributed by atoms with Crippen molar-refractivity contribution in [2.24, 2.45) is 0 Å². The van der Waals surface area contributed by atoms with Crippen LogP contribution in [0.2, 0.25) is 5.02 Å². The zero-order valence-electron chi connectivity index (χ0n) is 15.9. The molecule has 27 heavy (non-hydrogen) atoms. The molecule has 4 nitrogen and oxygen atoms in total. The summed E-state index contributed by atoms with van der Waals surface area (Å²) in [6, 6.07) is 15.8. The van der Waals surface area contributed by atoms with Crippen LogP contribution in [0.4, 0.5) is 4.79 Å². The van der Waals surface area contributed by atoms with Gasteiger partial charge >= 0.3 is 6.09 Å². The fourth-order valence-corrected chi connectivity index (χ4v) is 3.30. The quantitative estimate of drug-likeness (QED) is 0.610. The van der Waals surface area contributed by atoms with E-state index >= 15 is 0 Å². The van der Waals surface area contributed by atoms with Gasteiger partial charge < -0.3 is 15.0 Å². The van der Waals surface area contributed by atoms with Crippen molar-refractivity contribution in [3.8, 4) is 0 Å². The number of nitrogens with one attached hydrogen (secondary N) is 2. The van der Waals surface area contributed by atoms with Crippen LogP contribution in [-0.4, -0.2) is 22.7 Å². The van der Waals surface area contributed by atoms with E-state index in [1.54, 1.807) is 0 Å². The van der Waals surface area contributed by atoms with Crippen molar-refractivity contribution in [1.82, 2.24) is 10.3 Å². The molecule has 1 atom stereocenters. The number of H-pyrrole nitrogens is 1. The zero-order chi connectivity index (χ0) is 19.4. The lowest BCUT2D eigenvalue weighted by molar-refractivity contribution is 0.0504. The molecule has 0 fully saturated rings. The number of hydrogen-bond donors (Lipinski definition) is 2. The molecule has 0 saturated carbocycles. The van der Waals surface area contributed by atoms with Gasteiger partial charge in [0, 0.05) is 28.2 Å². The summed E-state index contributed by atoms with van der Waals surface area (Å²) < 4.78 is 5.45. The summed E-state index contributed by atoms with van der Waals surface area (Å²) >= 11 is 6.17. The van der Waals surface area contributed by atoms with Crippen molar-refractivity contribution < 1.29 is 9.53 Å². The number of benzene rings is 2. The van der Waals surface area contributed by atoms with Gasteiger partial charge in [-0.2, -0.15) is 0 Å². The zero-order valence-corrected chi connectivity index (χ0v) is 16.6. The molecular formula is C22H25ClN2O2. The predicted molar refractivity (Wildman–Crippen MR) is 110 cm³/mol. The molecule has 1 unspecified atom stereocenters. The number of halogens is 1. The van der Waals surface area contributed by atoms with Crippen LogP contribution in [-0.2, 0) is 17.6 Å². The molecule has 0 bridgehead atoms. The van der Waals surface area contributed by atoms with Gasteiger partial charge in [0.15, 0.2) is 0 Å². The van der Waals surface area contributed by atoms with E-state index in [4.69, 9.17) is 16.3 Å². The monoisotopic (exact) mass is 384 g/mol. The second-order valence-corrected chi connectivity index (χ2v) is 8.18. The van der Waals surface area contributed by atoms with Crippen LogP contribution >= 0.6 is 11.6 Å². The van der Waals surface area contributed by atoms with Gasteiger partial charge in [-0.1, -0.05) is 41.9 Å². The Morgan fingerprint density at radius 2 is 1.89 bits per heavy atom. The molecule has 1 heterocycles. The van der Waals surface area contributed by atoms with E-state index < -0.39 is 11.7 Å². The highest BCUT2D eigenvalue weighted by Gasteiger charge is 2.21. The summed E-state index contributed by atoms with van der Waals surface area (Å²) in [6.07, 6.45) is 2.97. The van der Waals surface area contributed by atoms with Gasteiger partial charge in [-0.15, -0.1) is 0 Å². The molecule has 0 saturated heterocycles. The third kappa shape index (κ3) is 5.51. The predicted octanol–water partition coefficient (Wildman–Crippen LogP) is 5.50. The number of aromatic nitrogens is 1. The maximum Gasteiger partial charge on any atom is 0.407 e. The first-order valence-corrected chi connectivity index (χ1v) is 9.47. The topological polar surface area (TPSA) is 54.1 Å². The van der Waals surface area contributed by atoms with E-state index in [-0.39, 0.29) is 6.04 Å². The number of amides is 1. The van der Waals surface area contributed by atoms with Crippen LogP contribution in [0.3, 0.4) is 0 Å². The summed E-state index contributed by atoms with van der Waals surface area (Å²) in [5, 5.41) is 4.80. The Kier molecular flexibility index (Phi) is 5.76. The highest BCUT2D eigenvalue weighted by molar-refractivity contribution is 6.31. The summed E-state index contributed by atoms with van der Waals surface area (Å²) in [7, 11) is 0. The molecule has 0 radical (unpaired) electrons. The Bertz CT molecular complexity index is 913. The highest BCUT2D eigenvalue weighted by Crippen LogP contribution is 2.24. The Hall–Kier alpha value is -2.46. The number of carbonyl (C=O) groups excluding carboxylic acids is 1. The third-order valence-corrected chi connectivity index (χ3v) is 4.48. The molecule has 1 aromatic heterocycles. The van der Waals surface area contributed by atoms with Gasteiger partial charge in [0.05, 0.1) is 0 Å². The van der Waals surface area contributed by atoms with Crippen LogP contribution in [0.25, 0.3) is 10.9 Å². The normalized spacial score (nSPS) is 12.7. The number of aromatic amines is 1. The number of ether oxygens (including phenoxy) is 1. The third-order valence-electron chi connectivity index (χ3n) is 4.24. The van der Waals surface area contributed by atoms with Crippen molar-refractivity contribution in [3.63, 3.8) is 0 Å². The smallest absolute Gasteiger partial charge is 0.407 e. The standard InChI is InChI=1S/C22H25ClN2O2/c1-22(2,3)27-21(26)25-18(11-15-7-5-4-6-8-15)12-16-14-24-20-10-9-17(23)13-19(16)20/h4-10,13-14,18,24H,11-12H2,1-3H3,(H,25,26). The first kappa shape index (κ1) is 19.3. The Morgan fingerprint density at radius 1 is 1.15 bits per heavy atom. The lowest BCUT2D eigenvalue weighted by atomic mass is 9.98. The summed E-state index contributed by atoms with van der Waals surface area (Å²) in [6.45, 7) is 5.58. The van der Waals surface area contributed by atoms with Crippen molar-refractivity contribution in [2.75, 3.05) is 0 Å². The molecule has 0 aliphatic heterocycles. The molecular weight excluding hydrogens is 360 g/mol. The summed E-state index contributed by atoms with van der Waals surface area (Å²) in [5.41, 5.74) is 2.78. The molecule has 0 aliphatic carbocycles. The van der Waals surface area contributed by atoms with Crippen LogP contribution in [0.1, 0.15) is 31.9 Å². The largest absolute Gasteiger partial charge is 0.444 e. The minimum atomic E-state index is -0.532. The first-order chi connectivity index (χ1) is 12.8. The van der Waals surface area contributed by atoms with Gasteiger partial charge in [-0.3, -0.25) is 0 Å². The van der Waals surface area contributed by atoms with E-state index in [1.807, 2.05) is 63.4 Å². The molecule has 2 N–H and O–H groups in total. The Morgan fingerprint density at radius 3 is 2.59 bits per heavy atom. The number of alkyl carbamates (subject to hydrolysis) is 1. The molecule has 0 spiro atoms. The highest BCUT2D eigenvalue weighted by atomic mass is 35.5. The number of rotatable bonds is 5. The van der Waals surface area contributed by atoms with Crippen molar-refractivity contribution in [1.29, 1.82) is 0 Å². The number of hydrogen-bond acceptors (Lipinski definition) is 2. The van der Waals surface area contributed by atoms with Crippen LogP contribution in [0.15, 0.2) is 54.7 Å². The van der Waals surface area contributed by atoms with Crippen LogP contribution in [0, 0.1) is 0 Å². The maximum atomic E-state index is 12.3. The molecule has 5 heteroatoms. The second-order valence-electron chi connectivity index (χ2n) is 7.74. The van der Waals surface area contributed by atoms with E-state index in [1.165, 1.54) is 0 Å². The van der Waals surface area contributed by atoms with Crippen molar-refractivity contribution in [3.05, 3.63) is 70.9 Å². The first-order valence-electron chi connectivity index (χ1n) is 9.09. The molecule has 0 aliphatic rings. The molecule has 2 aromatic carbocycles. The van der Waals surface area contributed by atoms with Gasteiger partial charge in [-0.25, -0.2) is 4.79 Å². The maximum absolute atomic E-state index is 12.3. The minimum absolute atomic E-state index is 0.0970. The van der Waals surface area contributed by atoms with Gasteiger partial charge in [0.2, 0.25) is 0 Å². The van der Waals surface area contributed by atoms with Crippen molar-refractivity contribution in [2.45, 2.75) is 45.3 Å². The average Bonchev–Trinajstić information content (AvgIpc) is 2.96. The average molecular weight is 385 g/mol. The SMILES string of the molecule is CC(C)(C)OC(=O)NC(Cc1ccccc1)Cc1c[nH]c2ccc(Cl)cc12. The molecule has 3 aromatic rings. The van der Waals surface area contributed by atoms with E-state index in [9.17, 15) is 4.79 Å². The van der Waals surface area contributed by atoms with Gasteiger partial charge in [0.25, 0.3) is 0 Å². The molecule has 142 valence electrons. The van der Waals surface area contributed by atoms with Gasteiger partial charge in [-0.05, 0) is 62.9 Å². The fourth-order valence-electron chi connectivity index (χ4n) is 3.13. The Balaban J connectivity index is 1.82. The summed E-state index contributed by atoms with van der Waals surface area (Å²) in [5.74, 6) is 0. The van der Waals surface area contributed by atoms with E-state index in [2.05, 4.69) is 22.4 Å².